The molecule has 1 heterocycles. The van der Waals surface area contributed by atoms with Gasteiger partial charge < -0.3 is 15.1 Å². The summed E-state index contributed by atoms with van der Waals surface area (Å²) < 4.78 is 22.6. The predicted molar refractivity (Wildman–Crippen MR) is 94.9 cm³/mol. The normalized spacial score (nSPS) is 19.3. The van der Waals surface area contributed by atoms with Gasteiger partial charge in [-0.3, -0.25) is 9.79 Å². The lowest BCUT2D eigenvalue weighted by Crippen LogP contribution is -2.37. The van der Waals surface area contributed by atoms with E-state index in [4.69, 9.17) is 0 Å². The largest absolute Gasteiger partial charge is 0.352 e. The molecule has 0 bridgehead atoms. The Labute approximate surface area is 144 Å². The Bertz CT molecular complexity index is 467. The molecule has 1 aliphatic rings. The first-order valence-corrected chi connectivity index (χ1v) is 8.42. The summed E-state index contributed by atoms with van der Waals surface area (Å²) in [6, 6.07) is -0.237. The maximum absolute atomic E-state index is 11.7. The van der Waals surface area contributed by atoms with Gasteiger partial charge in [-0.2, -0.15) is 0 Å². The van der Waals surface area contributed by atoms with Crippen molar-refractivity contribution in [1.29, 1.82) is 0 Å². The molecule has 9 heteroatoms. The van der Waals surface area contributed by atoms with Crippen molar-refractivity contribution in [2.75, 3.05) is 46.2 Å². The third-order valence-corrected chi connectivity index (χ3v) is 4.76. The molecular weight excluding hydrogens is 407 g/mol. The van der Waals surface area contributed by atoms with E-state index in [-0.39, 0.29) is 53.9 Å². The number of nitrogens with one attached hydrogen (secondary N) is 1. The molecule has 0 aromatic rings. The van der Waals surface area contributed by atoms with Crippen LogP contribution >= 0.6 is 24.0 Å². The van der Waals surface area contributed by atoms with Gasteiger partial charge in [-0.25, -0.2) is 8.42 Å². The Hall–Kier alpha value is -0.580. The molecule has 1 atom stereocenters. The summed E-state index contributed by atoms with van der Waals surface area (Å²) in [7, 11) is 4.61. The topological polar surface area (TPSA) is 82.1 Å². The van der Waals surface area contributed by atoms with Crippen LogP contribution in [0.3, 0.4) is 0 Å². The summed E-state index contributed by atoms with van der Waals surface area (Å²) in [6.45, 7) is 0.386. The number of nitrogens with zero attached hydrogens (tertiary/aromatic N) is 3. The Kier molecular flexibility index (Phi) is 8.52. The number of halogens is 1. The lowest BCUT2D eigenvalue weighted by Gasteiger charge is -2.22. The van der Waals surface area contributed by atoms with Crippen LogP contribution < -0.4 is 5.32 Å². The number of aliphatic imine (C=N–C) groups is 1. The first-order valence-electron chi connectivity index (χ1n) is 6.60. The number of carbonyl (C=O) groups excluding carboxylic acids is 1. The summed E-state index contributed by atoms with van der Waals surface area (Å²) in [5.74, 6) is 0.874. The minimum Gasteiger partial charge on any atom is -0.352 e. The van der Waals surface area contributed by atoms with Gasteiger partial charge >= 0.3 is 0 Å². The highest BCUT2D eigenvalue weighted by molar-refractivity contribution is 14.0. The van der Waals surface area contributed by atoms with E-state index < -0.39 is 9.84 Å². The molecule has 1 N–H and O–H groups in total. The summed E-state index contributed by atoms with van der Waals surface area (Å²) in [4.78, 5) is 19.8. The Morgan fingerprint density at radius 2 is 1.81 bits per heavy atom. The van der Waals surface area contributed by atoms with E-state index >= 15 is 0 Å². The van der Waals surface area contributed by atoms with Crippen LogP contribution in [0.1, 0.15) is 12.8 Å². The molecule has 0 aliphatic carbocycles. The van der Waals surface area contributed by atoms with Crippen molar-refractivity contribution in [3.63, 3.8) is 0 Å². The highest BCUT2D eigenvalue weighted by Gasteiger charge is 2.28. The van der Waals surface area contributed by atoms with Gasteiger partial charge in [-0.15, -0.1) is 24.0 Å². The van der Waals surface area contributed by atoms with Crippen molar-refractivity contribution in [3.8, 4) is 0 Å². The van der Waals surface area contributed by atoms with E-state index in [1.54, 1.807) is 0 Å². The maximum Gasteiger partial charge on any atom is 0.222 e. The van der Waals surface area contributed by atoms with Crippen molar-refractivity contribution in [1.82, 2.24) is 15.1 Å². The van der Waals surface area contributed by atoms with E-state index in [1.165, 1.54) is 0 Å². The first kappa shape index (κ1) is 20.4. The summed E-state index contributed by atoms with van der Waals surface area (Å²) in [6.07, 6.45) is 0.777. The molecule has 1 rings (SSSR count). The second-order valence-corrected chi connectivity index (χ2v) is 7.62. The molecule has 1 amide bonds. The zero-order valence-electron chi connectivity index (χ0n) is 13.0. The van der Waals surface area contributed by atoms with E-state index in [0.29, 0.717) is 13.0 Å². The molecule has 0 aromatic carbocycles. The molecular formula is C12H25IN4O3S. The van der Waals surface area contributed by atoms with Gasteiger partial charge in [-0.1, -0.05) is 0 Å². The van der Waals surface area contributed by atoms with Crippen LogP contribution in [0.5, 0.6) is 0 Å². The van der Waals surface area contributed by atoms with E-state index in [0.717, 1.165) is 5.96 Å². The molecule has 1 fully saturated rings. The van der Waals surface area contributed by atoms with Gasteiger partial charge in [0.25, 0.3) is 0 Å². The van der Waals surface area contributed by atoms with Crippen molar-refractivity contribution in [2.45, 2.75) is 18.9 Å². The molecule has 0 aromatic heterocycles. The molecule has 1 aliphatic heterocycles. The fraction of sp³-hybridized carbons (Fsp3) is 0.833. The number of amides is 1. The van der Waals surface area contributed by atoms with Crippen LogP contribution in [0.25, 0.3) is 0 Å². The molecule has 1 unspecified atom stereocenters. The zero-order valence-corrected chi connectivity index (χ0v) is 16.1. The molecule has 21 heavy (non-hydrogen) atoms. The van der Waals surface area contributed by atoms with Crippen LogP contribution in [0.15, 0.2) is 4.99 Å². The van der Waals surface area contributed by atoms with Crippen molar-refractivity contribution >= 4 is 45.7 Å². The molecule has 0 saturated carbocycles. The van der Waals surface area contributed by atoms with Crippen LogP contribution in [0.4, 0.5) is 0 Å². The average Bonchev–Trinajstić information content (AvgIpc) is 2.63. The summed E-state index contributed by atoms with van der Waals surface area (Å²) >= 11 is 0. The molecule has 7 nitrogen and oxygen atoms in total. The van der Waals surface area contributed by atoms with E-state index in [1.807, 2.05) is 38.0 Å². The minimum atomic E-state index is -2.95. The monoisotopic (exact) mass is 432 g/mol. The van der Waals surface area contributed by atoms with Gasteiger partial charge in [0.15, 0.2) is 15.8 Å². The van der Waals surface area contributed by atoms with Crippen LogP contribution in [0.2, 0.25) is 0 Å². The van der Waals surface area contributed by atoms with Crippen LogP contribution in [-0.2, 0) is 14.6 Å². The fourth-order valence-corrected chi connectivity index (χ4v) is 3.82. The highest BCUT2D eigenvalue weighted by Crippen LogP contribution is 2.11. The predicted octanol–water partition coefficient (Wildman–Crippen LogP) is -0.223. The maximum atomic E-state index is 11.7. The quantitative estimate of drug-likeness (QED) is 0.377. The lowest BCUT2D eigenvalue weighted by atomic mass is 10.2. The van der Waals surface area contributed by atoms with E-state index in [2.05, 4.69) is 10.3 Å². The number of hydrogen-bond donors (Lipinski definition) is 1. The third-order valence-electron chi connectivity index (χ3n) is 2.99. The number of hydrogen-bond acceptors (Lipinski definition) is 4. The van der Waals surface area contributed by atoms with Gasteiger partial charge in [-0.05, 0) is 6.42 Å². The average molecular weight is 432 g/mol. The molecule has 1 saturated heterocycles. The number of rotatable bonds is 4. The van der Waals surface area contributed by atoms with E-state index in [9.17, 15) is 13.2 Å². The van der Waals surface area contributed by atoms with Crippen molar-refractivity contribution in [3.05, 3.63) is 0 Å². The zero-order chi connectivity index (χ0) is 15.3. The second kappa shape index (κ2) is 8.76. The van der Waals surface area contributed by atoms with Gasteiger partial charge in [0, 0.05) is 40.7 Å². The van der Waals surface area contributed by atoms with Crippen molar-refractivity contribution in [2.24, 2.45) is 4.99 Å². The lowest BCUT2D eigenvalue weighted by molar-refractivity contribution is -0.121. The molecule has 0 radical (unpaired) electrons. The van der Waals surface area contributed by atoms with Gasteiger partial charge in [0.1, 0.15) is 0 Å². The van der Waals surface area contributed by atoms with Crippen LogP contribution in [-0.4, -0.2) is 82.4 Å². The van der Waals surface area contributed by atoms with Gasteiger partial charge in [0.2, 0.25) is 5.91 Å². The minimum absolute atomic E-state index is 0. The smallest absolute Gasteiger partial charge is 0.222 e. The highest BCUT2D eigenvalue weighted by atomic mass is 127. The summed E-state index contributed by atoms with van der Waals surface area (Å²) in [5, 5.41) is 2.75. The standard InChI is InChI=1S/C12H24N4O3S.HI/c1-15(2)12(16(3)4)13-7-5-11(17)14-10-6-8-20(18,19)9-10;/h10H,5-9H2,1-4H3,(H,14,17);1H. The Balaban J connectivity index is 0.00000400. The van der Waals surface area contributed by atoms with Crippen LogP contribution in [0, 0.1) is 0 Å². The third kappa shape index (κ3) is 7.30. The summed E-state index contributed by atoms with van der Waals surface area (Å²) in [5.41, 5.74) is 0. The number of carbonyl (C=O) groups is 1. The second-order valence-electron chi connectivity index (χ2n) is 5.39. The Morgan fingerprint density at radius 1 is 1.24 bits per heavy atom. The Morgan fingerprint density at radius 3 is 2.24 bits per heavy atom. The number of guanidine groups is 1. The first-order chi connectivity index (χ1) is 9.21. The number of sulfone groups is 1. The van der Waals surface area contributed by atoms with Crippen molar-refractivity contribution < 1.29 is 13.2 Å². The van der Waals surface area contributed by atoms with Gasteiger partial charge in [0.05, 0.1) is 18.1 Å². The molecule has 124 valence electrons. The fourth-order valence-electron chi connectivity index (χ4n) is 2.15. The SMILES string of the molecule is CN(C)C(=NCCC(=O)NC1CCS(=O)(=O)C1)N(C)C.I. The molecule has 0 spiro atoms.